The zero-order valence-electron chi connectivity index (χ0n) is 11.8. The number of benzene rings is 1. The molecular formula is C15H23N3O. The molecule has 1 aliphatic heterocycles. The second kappa shape index (κ2) is 6.17. The lowest BCUT2D eigenvalue weighted by Crippen LogP contribution is -2.33. The molecule has 0 saturated heterocycles. The Morgan fingerprint density at radius 2 is 2.26 bits per heavy atom. The second-order valence-corrected chi connectivity index (χ2v) is 5.34. The summed E-state index contributed by atoms with van der Waals surface area (Å²) in [7, 11) is 1.95. The van der Waals surface area contributed by atoms with Gasteiger partial charge in [-0.15, -0.1) is 0 Å². The van der Waals surface area contributed by atoms with Crippen LogP contribution in [0, 0.1) is 5.92 Å². The minimum Gasteiger partial charge on any atom is -0.330 e. The number of carbonyl (C=O) groups is 1. The molecule has 1 heterocycles. The average Bonchev–Trinajstić information content (AvgIpc) is 2.72. The molecule has 1 amide bonds. The maximum atomic E-state index is 12.1. The molecule has 1 aromatic rings. The Bertz CT molecular complexity index is 459. The summed E-state index contributed by atoms with van der Waals surface area (Å²) < 4.78 is 0. The van der Waals surface area contributed by atoms with E-state index in [0.717, 1.165) is 30.8 Å². The summed E-state index contributed by atoms with van der Waals surface area (Å²) >= 11 is 0. The number of amides is 1. The quantitative estimate of drug-likeness (QED) is 0.801. The second-order valence-electron chi connectivity index (χ2n) is 5.34. The Morgan fingerprint density at radius 3 is 2.95 bits per heavy atom. The Balaban J connectivity index is 2.15. The molecule has 0 aromatic heterocycles. The molecule has 0 fully saturated rings. The van der Waals surface area contributed by atoms with Crippen molar-refractivity contribution < 1.29 is 4.79 Å². The Kier molecular flexibility index (Phi) is 4.56. The summed E-state index contributed by atoms with van der Waals surface area (Å²) in [6.07, 6.45) is 1.52. The maximum Gasteiger partial charge on any atom is 0.231 e. The summed E-state index contributed by atoms with van der Waals surface area (Å²) in [6, 6.07) is 6.36. The van der Waals surface area contributed by atoms with Crippen molar-refractivity contribution in [3.63, 3.8) is 0 Å². The van der Waals surface area contributed by atoms with Gasteiger partial charge in [0.15, 0.2) is 0 Å². The number of nitrogens with one attached hydrogen (secondary N) is 1. The first-order valence-electron chi connectivity index (χ1n) is 6.92. The molecule has 0 aliphatic carbocycles. The molecule has 104 valence electrons. The van der Waals surface area contributed by atoms with Crippen molar-refractivity contribution in [2.24, 2.45) is 11.7 Å². The summed E-state index contributed by atoms with van der Waals surface area (Å²) in [5.41, 5.74) is 9.16. The lowest BCUT2D eigenvalue weighted by Gasteiger charge is -2.21. The first-order valence-corrected chi connectivity index (χ1v) is 6.92. The highest BCUT2D eigenvalue weighted by atomic mass is 16.2. The van der Waals surface area contributed by atoms with Gasteiger partial charge in [-0.2, -0.15) is 0 Å². The third kappa shape index (κ3) is 3.14. The van der Waals surface area contributed by atoms with E-state index >= 15 is 0 Å². The summed E-state index contributed by atoms with van der Waals surface area (Å²) in [6.45, 7) is 4.37. The van der Waals surface area contributed by atoms with Gasteiger partial charge in [-0.05, 0) is 49.7 Å². The van der Waals surface area contributed by atoms with Gasteiger partial charge in [-0.3, -0.25) is 4.79 Å². The van der Waals surface area contributed by atoms with Crippen LogP contribution < -0.4 is 16.0 Å². The minimum atomic E-state index is 0.195. The van der Waals surface area contributed by atoms with E-state index in [1.165, 1.54) is 5.56 Å². The number of likely N-dealkylation sites (N-methyl/N-ethyl adjacent to an activating group) is 1. The zero-order valence-corrected chi connectivity index (χ0v) is 11.8. The molecule has 0 spiro atoms. The molecule has 0 saturated carbocycles. The SMILES string of the molecule is CNCCc1ccc2c(c1)CC(=O)N2CC(C)CN. The molecule has 19 heavy (non-hydrogen) atoms. The topological polar surface area (TPSA) is 58.4 Å². The van der Waals surface area contributed by atoms with Crippen molar-refractivity contribution in [1.29, 1.82) is 0 Å². The lowest BCUT2D eigenvalue weighted by molar-refractivity contribution is -0.117. The van der Waals surface area contributed by atoms with Crippen LogP contribution in [0.25, 0.3) is 0 Å². The van der Waals surface area contributed by atoms with Crippen LogP contribution in [0.1, 0.15) is 18.1 Å². The number of hydrogen-bond acceptors (Lipinski definition) is 3. The van der Waals surface area contributed by atoms with Gasteiger partial charge in [0.2, 0.25) is 5.91 Å². The highest BCUT2D eigenvalue weighted by Crippen LogP contribution is 2.30. The van der Waals surface area contributed by atoms with Gasteiger partial charge in [-0.1, -0.05) is 19.1 Å². The molecule has 0 bridgehead atoms. The van der Waals surface area contributed by atoms with Gasteiger partial charge in [0.05, 0.1) is 6.42 Å². The lowest BCUT2D eigenvalue weighted by atomic mass is 10.1. The van der Waals surface area contributed by atoms with Crippen molar-refractivity contribution in [2.45, 2.75) is 19.8 Å². The summed E-state index contributed by atoms with van der Waals surface area (Å²) in [5, 5.41) is 3.14. The van der Waals surface area contributed by atoms with Crippen LogP contribution in [0.2, 0.25) is 0 Å². The Labute approximate surface area is 115 Å². The van der Waals surface area contributed by atoms with Crippen molar-refractivity contribution in [1.82, 2.24) is 5.32 Å². The number of fused-ring (bicyclic) bond motifs is 1. The average molecular weight is 261 g/mol. The van der Waals surface area contributed by atoms with Crippen molar-refractivity contribution in [2.75, 3.05) is 31.6 Å². The van der Waals surface area contributed by atoms with Crippen molar-refractivity contribution >= 4 is 11.6 Å². The normalized spacial score (nSPS) is 15.7. The highest BCUT2D eigenvalue weighted by molar-refractivity contribution is 6.01. The van der Waals surface area contributed by atoms with Crippen LogP contribution in [0.3, 0.4) is 0 Å². The fraction of sp³-hybridized carbons (Fsp3) is 0.533. The van der Waals surface area contributed by atoms with Crippen LogP contribution in [0.5, 0.6) is 0 Å². The fourth-order valence-corrected chi connectivity index (χ4v) is 2.45. The molecule has 4 heteroatoms. The molecule has 0 radical (unpaired) electrons. The van der Waals surface area contributed by atoms with E-state index in [9.17, 15) is 4.79 Å². The van der Waals surface area contributed by atoms with Crippen molar-refractivity contribution in [3.8, 4) is 0 Å². The van der Waals surface area contributed by atoms with E-state index in [1.807, 2.05) is 11.9 Å². The third-order valence-electron chi connectivity index (χ3n) is 3.64. The standard InChI is InChI=1S/C15H23N3O/c1-11(9-16)10-18-14-4-3-12(5-6-17-2)7-13(14)8-15(18)19/h3-4,7,11,17H,5-6,8-10,16H2,1-2H3. The van der Waals surface area contributed by atoms with Crippen LogP contribution in [0.4, 0.5) is 5.69 Å². The van der Waals surface area contributed by atoms with Gasteiger partial charge in [0.25, 0.3) is 0 Å². The molecular weight excluding hydrogens is 238 g/mol. The van der Waals surface area contributed by atoms with Crippen LogP contribution in [-0.4, -0.2) is 32.6 Å². The number of carbonyl (C=O) groups excluding carboxylic acids is 1. The zero-order chi connectivity index (χ0) is 13.8. The highest BCUT2D eigenvalue weighted by Gasteiger charge is 2.27. The first kappa shape index (κ1) is 14.0. The predicted molar refractivity (Wildman–Crippen MR) is 78.3 cm³/mol. The van der Waals surface area contributed by atoms with Gasteiger partial charge < -0.3 is 16.0 Å². The van der Waals surface area contributed by atoms with Gasteiger partial charge >= 0.3 is 0 Å². The van der Waals surface area contributed by atoms with Crippen molar-refractivity contribution in [3.05, 3.63) is 29.3 Å². The van der Waals surface area contributed by atoms with Gasteiger partial charge in [0, 0.05) is 12.2 Å². The third-order valence-corrected chi connectivity index (χ3v) is 3.64. The van der Waals surface area contributed by atoms with Crippen LogP contribution in [0.15, 0.2) is 18.2 Å². The summed E-state index contributed by atoms with van der Waals surface area (Å²) in [4.78, 5) is 14.0. The maximum absolute atomic E-state index is 12.1. The molecule has 1 aliphatic rings. The first-order chi connectivity index (χ1) is 9.15. The summed E-state index contributed by atoms with van der Waals surface area (Å²) in [5.74, 6) is 0.528. The Morgan fingerprint density at radius 1 is 1.47 bits per heavy atom. The Hall–Kier alpha value is -1.39. The largest absolute Gasteiger partial charge is 0.330 e. The van der Waals surface area contributed by atoms with E-state index in [0.29, 0.717) is 18.9 Å². The number of anilines is 1. The smallest absolute Gasteiger partial charge is 0.231 e. The van der Waals surface area contributed by atoms with E-state index in [1.54, 1.807) is 0 Å². The van der Waals surface area contributed by atoms with Gasteiger partial charge in [0.1, 0.15) is 0 Å². The molecule has 3 N–H and O–H groups in total. The number of hydrogen-bond donors (Lipinski definition) is 2. The van der Waals surface area contributed by atoms with Crippen LogP contribution >= 0.6 is 0 Å². The van der Waals surface area contributed by atoms with Gasteiger partial charge in [-0.25, -0.2) is 0 Å². The van der Waals surface area contributed by atoms with E-state index < -0.39 is 0 Å². The minimum absolute atomic E-state index is 0.195. The monoisotopic (exact) mass is 261 g/mol. The molecule has 1 aromatic carbocycles. The fourth-order valence-electron chi connectivity index (χ4n) is 2.45. The number of nitrogens with zero attached hydrogens (tertiary/aromatic N) is 1. The van der Waals surface area contributed by atoms with E-state index in [-0.39, 0.29) is 5.91 Å². The predicted octanol–water partition coefficient (Wildman–Crippen LogP) is 0.932. The molecule has 1 atom stereocenters. The van der Waals surface area contributed by atoms with Crippen LogP contribution in [-0.2, 0) is 17.6 Å². The molecule has 2 rings (SSSR count). The van der Waals surface area contributed by atoms with E-state index in [4.69, 9.17) is 5.73 Å². The number of nitrogens with two attached hydrogens (primary N) is 1. The number of rotatable bonds is 6. The molecule has 1 unspecified atom stereocenters. The van der Waals surface area contributed by atoms with E-state index in [2.05, 4.69) is 30.4 Å². The molecule has 4 nitrogen and oxygen atoms in total.